The lowest BCUT2D eigenvalue weighted by Crippen LogP contribution is -2.45. The molecule has 0 saturated carbocycles. The fourth-order valence-corrected chi connectivity index (χ4v) is 4.47. The first-order valence-corrected chi connectivity index (χ1v) is 10.5. The summed E-state index contributed by atoms with van der Waals surface area (Å²) in [6, 6.07) is 12.9. The van der Waals surface area contributed by atoms with E-state index in [4.69, 9.17) is 11.6 Å². The van der Waals surface area contributed by atoms with Gasteiger partial charge in [0.25, 0.3) is 5.91 Å². The average molecular weight is 424 g/mol. The van der Waals surface area contributed by atoms with Crippen LogP contribution in [0.2, 0.25) is 5.02 Å². The number of nitrogens with zero attached hydrogens (tertiary/aromatic N) is 2. The molecule has 5 nitrogen and oxygen atoms in total. The monoisotopic (exact) mass is 423 g/mol. The van der Waals surface area contributed by atoms with Crippen molar-refractivity contribution in [3.8, 4) is 0 Å². The van der Waals surface area contributed by atoms with Gasteiger partial charge in [0.1, 0.15) is 5.70 Å². The van der Waals surface area contributed by atoms with Gasteiger partial charge in [-0.15, -0.1) is 0 Å². The van der Waals surface area contributed by atoms with Gasteiger partial charge in [-0.25, -0.2) is 4.79 Å². The van der Waals surface area contributed by atoms with Crippen molar-refractivity contribution in [2.24, 2.45) is 0 Å². The zero-order valence-corrected chi connectivity index (χ0v) is 18.5. The van der Waals surface area contributed by atoms with Crippen molar-refractivity contribution in [2.45, 2.75) is 45.2 Å². The van der Waals surface area contributed by atoms with Gasteiger partial charge in [-0.3, -0.25) is 9.69 Å². The Kier molecular flexibility index (Phi) is 5.10. The largest absolute Gasteiger partial charge is 0.369 e. The second-order valence-corrected chi connectivity index (χ2v) is 9.24. The minimum atomic E-state index is -0.408. The Balaban J connectivity index is 1.58. The van der Waals surface area contributed by atoms with Crippen LogP contribution < -0.4 is 10.2 Å². The van der Waals surface area contributed by atoms with Crippen molar-refractivity contribution in [3.05, 3.63) is 69.9 Å². The van der Waals surface area contributed by atoms with Crippen molar-refractivity contribution < 1.29 is 9.59 Å². The van der Waals surface area contributed by atoms with Gasteiger partial charge < -0.3 is 10.2 Å². The summed E-state index contributed by atoms with van der Waals surface area (Å²) < 4.78 is 0. The van der Waals surface area contributed by atoms with Crippen LogP contribution in [0.4, 0.5) is 10.5 Å². The van der Waals surface area contributed by atoms with Gasteiger partial charge in [0.15, 0.2) is 0 Å². The SMILES string of the molecule is C[C@@H]1CC(C)(C)N(C)c2ccc(/C=C3\NC(=O)N(Cc4ccc(Cl)cc4)C3=O)cc21. The van der Waals surface area contributed by atoms with Gasteiger partial charge >= 0.3 is 6.03 Å². The van der Waals surface area contributed by atoms with Crippen LogP contribution >= 0.6 is 11.6 Å². The van der Waals surface area contributed by atoms with E-state index < -0.39 is 6.03 Å². The fraction of sp³-hybridized carbons (Fsp3) is 0.333. The molecule has 0 spiro atoms. The van der Waals surface area contributed by atoms with Crippen molar-refractivity contribution in [1.82, 2.24) is 10.2 Å². The van der Waals surface area contributed by atoms with Gasteiger partial charge in [-0.05, 0) is 73.2 Å². The van der Waals surface area contributed by atoms with E-state index in [0.29, 0.717) is 16.6 Å². The number of rotatable bonds is 3. The molecule has 0 unspecified atom stereocenters. The number of halogens is 1. The molecule has 2 aliphatic rings. The third-order valence-corrected chi connectivity index (χ3v) is 6.44. The summed E-state index contributed by atoms with van der Waals surface area (Å²) in [5.41, 5.74) is 4.63. The fourth-order valence-electron chi connectivity index (χ4n) is 4.34. The number of benzene rings is 2. The van der Waals surface area contributed by atoms with Crippen LogP contribution in [0, 0.1) is 0 Å². The Morgan fingerprint density at radius 1 is 1.17 bits per heavy atom. The molecule has 156 valence electrons. The van der Waals surface area contributed by atoms with Crippen LogP contribution in [0.15, 0.2) is 48.2 Å². The molecule has 30 heavy (non-hydrogen) atoms. The maximum Gasteiger partial charge on any atom is 0.329 e. The standard InChI is InChI=1S/C24H26ClN3O2/c1-15-13-24(2,3)27(4)21-10-7-17(11-19(15)21)12-20-22(29)28(23(30)26-20)14-16-5-8-18(25)9-6-16/h5-12,15H,13-14H2,1-4H3,(H,26,30)/b20-12-/t15-/m1/s1. The predicted octanol–water partition coefficient (Wildman–Crippen LogP) is 5.15. The molecule has 0 aromatic heterocycles. The van der Waals surface area contributed by atoms with Gasteiger partial charge in [0.05, 0.1) is 6.54 Å². The Labute approximate surface area is 182 Å². The predicted molar refractivity (Wildman–Crippen MR) is 120 cm³/mol. The van der Waals surface area contributed by atoms with Gasteiger partial charge in [-0.1, -0.05) is 36.7 Å². The van der Waals surface area contributed by atoms with E-state index in [1.165, 1.54) is 16.2 Å². The second-order valence-electron chi connectivity index (χ2n) is 8.80. The molecule has 2 aliphatic heterocycles. The smallest absolute Gasteiger partial charge is 0.329 e. The summed E-state index contributed by atoms with van der Waals surface area (Å²) in [6.45, 7) is 6.95. The molecule has 4 rings (SSSR count). The highest BCUT2D eigenvalue weighted by Crippen LogP contribution is 2.42. The summed E-state index contributed by atoms with van der Waals surface area (Å²) in [5.74, 6) is 0.0961. The minimum Gasteiger partial charge on any atom is -0.369 e. The zero-order valence-electron chi connectivity index (χ0n) is 17.7. The summed E-state index contributed by atoms with van der Waals surface area (Å²) in [5, 5.41) is 3.33. The van der Waals surface area contributed by atoms with E-state index in [0.717, 1.165) is 17.5 Å². The highest BCUT2D eigenvalue weighted by molar-refractivity contribution is 6.30. The van der Waals surface area contributed by atoms with E-state index >= 15 is 0 Å². The number of amides is 3. The highest BCUT2D eigenvalue weighted by atomic mass is 35.5. The first-order valence-electron chi connectivity index (χ1n) is 10.1. The van der Waals surface area contributed by atoms with E-state index in [9.17, 15) is 9.59 Å². The van der Waals surface area contributed by atoms with E-state index in [1.807, 2.05) is 18.2 Å². The number of nitrogens with one attached hydrogen (secondary N) is 1. The van der Waals surface area contributed by atoms with Crippen molar-refractivity contribution in [3.63, 3.8) is 0 Å². The summed E-state index contributed by atoms with van der Waals surface area (Å²) in [4.78, 5) is 28.7. The Morgan fingerprint density at radius 2 is 1.87 bits per heavy atom. The molecule has 2 heterocycles. The van der Waals surface area contributed by atoms with Gasteiger partial charge in [0.2, 0.25) is 0 Å². The third kappa shape index (κ3) is 3.70. The van der Waals surface area contributed by atoms with Crippen molar-refractivity contribution in [1.29, 1.82) is 0 Å². The number of hydrogen-bond donors (Lipinski definition) is 1. The Bertz CT molecular complexity index is 1040. The van der Waals surface area contributed by atoms with E-state index in [-0.39, 0.29) is 18.0 Å². The lowest BCUT2D eigenvalue weighted by atomic mass is 9.80. The molecule has 1 N–H and O–H groups in total. The van der Waals surface area contributed by atoms with Crippen LogP contribution in [-0.4, -0.2) is 29.4 Å². The molecular formula is C24H26ClN3O2. The zero-order chi connectivity index (χ0) is 21.6. The molecule has 6 heteroatoms. The summed E-state index contributed by atoms with van der Waals surface area (Å²) in [7, 11) is 2.12. The number of anilines is 1. The van der Waals surface area contributed by atoms with Crippen molar-refractivity contribution in [2.75, 3.05) is 11.9 Å². The van der Waals surface area contributed by atoms with Crippen molar-refractivity contribution >= 4 is 35.3 Å². The van der Waals surface area contributed by atoms with Gasteiger partial charge in [-0.2, -0.15) is 0 Å². The Hall–Kier alpha value is -2.79. The number of urea groups is 1. The maximum atomic E-state index is 12.8. The lowest BCUT2D eigenvalue weighted by Gasteiger charge is -2.45. The number of imide groups is 1. The molecule has 1 saturated heterocycles. The molecule has 0 bridgehead atoms. The van der Waals surface area contributed by atoms with Crippen LogP contribution in [0.3, 0.4) is 0 Å². The normalized spacial score (nSPS) is 21.8. The minimum absolute atomic E-state index is 0.101. The van der Waals surface area contributed by atoms with E-state index in [2.05, 4.69) is 50.2 Å². The molecule has 2 aromatic carbocycles. The molecule has 1 atom stereocenters. The Morgan fingerprint density at radius 3 is 2.57 bits per heavy atom. The van der Waals surface area contributed by atoms with Crippen LogP contribution in [0.25, 0.3) is 6.08 Å². The summed E-state index contributed by atoms with van der Waals surface area (Å²) in [6.07, 6.45) is 2.82. The van der Waals surface area contributed by atoms with Crippen LogP contribution in [-0.2, 0) is 11.3 Å². The van der Waals surface area contributed by atoms with Crippen LogP contribution in [0.1, 0.15) is 49.8 Å². The number of fused-ring (bicyclic) bond motifs is 1. The first-order chi connectivity index (χ1) is 14.2. The third-order valence-electron chi connectivity index (χ3n) is 6.18. The number of hydrogen-bond acceptors (Lipinski definition) is 3. The van der Waals surface area contributed by atoms with Gasteiger partial charge in [0, 0.05) is 23.3 Å². The van der Waals surface area contributed by atoms with Crippen LogP contribution in [0.5, 0.6) is 0 Å². The summed E-state index contributed by atoms with van der Waals surface area (Å²) >= 11 is 5.91. The lowest BCUT2D eigenvalue weighted by molar-refractivity contribution is -0.123. The topological polar surface area (TPSA) is 52.7 Å². The van der Waals surface area contributed by atoms with E-state index in [1.54, 1.807) is 18.2 Å². The molecular weight excluding hydrogens is 398 g/mol. The second kappa shape index (κ2) is 7.47. The molecule has 1 fully saturated rings. The molecule has 2 aromatic rings. The number of carbonyl (C=O) groups is 2. The highest BCUT2D eigenvalue weighted by Gasteiger charge is 2.35. The first kappa shape index (κ1) is 20.5. The molecule has 3 amide bonds. The maximum absolute atomic E-state index is 12.8. The number of carbonyl (C=O) groups excluding carboxylic acids is 2. The molecule has 0 radical (unpaired) electrons. The molecule has 0 aliphatic carbocycles. The average Bonchev–Trinajstić information content (AvgIpc) is 2.95. The quantitative estimate of drug-likeness (QED) is 0.548.